The lowest BCUT2D eigenvalue weighted by molar-refractivity contribution is 0.282. The zero-order valence-corrected chi connectivity index (χ0v) is 11.2. The highest BCUT2D eigenvalue weighted by atomic mass is 15.6. The van der Waals surface area contributed by atoms with E-state index in [1.54, 1.807) is 7.05 Å². The van der Waals surface area contributed by atoms with Gasteiger partial charge in [0.2, 0.25) is 0 Å². The van der Waals surface area contributed by atoms with E-state index in [2.05, 4.69) is 20.8 Å². The summed E-state index contributed by atoms with van der Waals surface area (Å²) < 4.78 is 0. The van der Waals surface area contributed by atoms with Gasteiger partial charge in [-0.2, -0.15) is 4.80 Å². The van der Waals surface area contributed by atoms with Crippen LogP contribution in [0.1, 0.15) is 50.8 Å². The highest BCUT2D eigenvalue weighted by Crippen LogP contribution is 2.25. The molecule has 1 atom stereocenters. The average molecular weight is 252 g/mol. The highest BCUT2D eigenvalue weighted by Gasteiger charge is 2.23. The summed E-state index contributed by atoms with van der Waals surface area (Å²) >= 11 is 0. The Morgan fingerprint density at radius 1 is 1.28 bits per heavy atom. The predicted octanol–water partition coefficient (Wildman–Crippen LogP) is 0.945. The van der Waals surface area contributed by atoms with Crippen LogP contribution in [0, 0.1) is 5.92 Å². The molecular formula is C12H24N6. The lowest BCUT2D eigenvalue weighted by Gasteiger charge is -2.27. The van der Waals surface area contributed by atoms with E-state index in [4.69, 9.17) is 5.84 Å². The van der Waals surface area contributed by atoms with Crippen LogP contribution in [0.4, 0.5) is 0 Å². The van der Waals surface area contributed by atoms with Gasteiger partial charge in [0, 0.05) is 12.5 Å². The summed E-state index contributed by atoms with van der Waals surface area (Å²) in [4.78, 5) is 1.50. The van der Waals surface area contributed by atoms with Crippen molar-refractivity contribution in [2.24, 2.45) is 18.8 Å². The molecule has 1 aliphatic carbocycles. The standard InChI is InChI=1S/C12H24N6/c1-18-16-12(15-17-18)9-11(14-13)10-7-5-3-2-4-6-8-10/h10-11,14H,2-9,13H2,1H3. The number of aromatic nitrogens is 4. The molecule has 0 saturated heterocycles. The molecule has 1 aliphatic rings. The van der Waals surface area contributed by atoms with E-state index < -0.39 is 0 Å². The molecule has 1 unspecified atom stereocenters. The first-order valence-corrected chi connectivity index (χ1v) is 6.98. The van der Waals surface area contributed by atoms with Gasteiger partial charge < -0.3 is 0 Å². The smallest absolute Gasteiger partial charge is 0.176 e. The second-order valence-electron chi connectivity index (χ2n) is 5.28. The quantitative estimate of drug-likeness (QED) is 0.616. The van der Waals surface area contributed by atoms with Crippen molar-refractivity contribution >= 4 is 0 Å². The largest absolute Gasteiger partial charge is 0.271 e. The van der Waals surface area contributed by atoms with E-state index in [0.29, 0.717) is 5.92 Å². The fourth-order valence-corrected chi connectivity index (χ4v) is 2.85. The van der Waals surface area contributed by atoms with Crippen molar-refractivity contribution in [1.82, 2.24) is 25.6 Å². The summed E-state index contributed by atoms with van der Waals surface area (Å²) in [7, 11) is 1.79. The molecule has 0 radical (unpaired) electrons. The molecule has 1 aromatic heterocycles. The number of aryl methyl sites for hydroxylation is 1. The van der Waals surface area contributed by atoms with Crippen LogP contribution in [0.15, 0.2) is 0 Å². The lowest BCUT2D eigenvalue weighted by atomic mass is 9.85. The predicted molar refractivity (Wildman–Crippen MR) is 69.4 cm³/mol. The third-order valence-corrected chi connectivity index (χ3v) is 3.89. The van der Waals surface area contributed by atoms with Gasteiger partial charge in [0.1, 0.15) is 0 Å². The van der Waals surface area contributed by atoms with Gasteiger partial charge in [-0.25, -0.2) is 0 Å². The topological polar surface area (TPSA) is 81.7 Å². The number of nitrogens with zero attached hydrogens (tertiary/aromatic N) is 4. The molecule has 1 aromatic rings. The first-order valence-electron chi connectivity index (χ1n) is 6.98. The normalized spacial score (nSPS) is 20.3. The molecule has 0 spiro atoms. The summed E-state index contributed by atoms with van der Waals surface area (Å²) in [6.07, 6.45) is 10.0. The Bertz CT molecular complexity index is 342. The van der Waals surface area contributed by atoms with Crippen LogP contribution in [-0.2, 0) is 13.5 Å². The summed E-state index contributed by atoms with van der Waals surface area (Å²) in [5.41, 5.74) is 2.96. The Morgan fingerprint density at radius 2 is 1.94 bits per heavy atom. The molecule has 0 bridgehead atoms. The third kappa shape index (κ3) is 3.74. The second kappa shape index (κ2) is 6.80. The van der Waals surface area contributed by atoms with Crippen molar-refractivity contribution < 1.29 is 0 Å². The Kier molecular flexibility index (Phi) is 5.07. The minimum atomic E-state index is 0.271. The van der Waals surface area contributed by atoms with Crippen molar-refractivity contribution in [3.63, 3.8) is 0 Å². The Hall–Kier alpha value is -1.01. The number of tetrazole rings is 1. The number of rotatable bonds is 4. The summed E-state index contributed by atoms with van der Waals surface area (Å²) in [6, 6.07) is 0.271. The number of nitrogens with one attached hydrogen (secondary N) is 1. The van der Waals surface area contributed by atoms with E-state index >= 15 is 0 Å². The monoisotopic (exact) mass is 252 g/mol. The van der Waals surface area contributed by atoms with Crippen LogP contribution >= 0.6 is 0 Å². The van der Waals surface area contributed by atoms with Crippen molar-refractivity contribution in [1.29, 1.82) is 0 Å². The van der Waals surface area contributed by atoms with Crippen LogP contribution in [-0.4, -0.2) is 26.2 Å². The summed E-state index contributed by atoms with van der Waals surface area (Å²) in [6.45, 7) is 0. The number of nitrogens with two attached hydrogens (primary N) is 1. The average Bonchev–Trinajstić information content (AvgIpc) is 2.72. The number of hydrogen-bond donors (Lipinski definition) is 2. The van der Waals surface area contributed by atoms with Gasteiger partial charge >= 0.3 is 0 Å². The Balaban J connectivity index is 1.93. The maximum absolute atomic E-state index is 5.72. The minimum absolute atomic E-state index is 0.271. The number of hydrazine groups is 1. The molecule has 0 aromatic carbocycles. The van der Waals surface area contributed by atoms with Gasteiger partial charge in [-0.05, 0) is 24.0 Å². The Labute approximate surface area is 108 Å². The third-order valence-electron chi connectivity index (χ3n) is 3.89. The molecule has 1 heterocycles. The van der Waals surface area contributed by atoms with Gasteiger partial charge in [0.05, 0.1) is 7.05 Å². The molecule has 0 amide bonds. The first-order chi connectivity index (χ1) is 8.79. The fraction of sp³-hybridized carbons (Fsp3) is 0.917. The molecule has 6 nitrogen and oxygen atoms in total. The van der Waals surface area contributed by atoms with Gasteiger partial charge in [0.15, 0.2) is 5.82 Å². The van der Waals surface area contributed by atoms with Gasteiger partial charge in [-0.15, -0.1) is 10.2 Å². The van der Waals surface area contributed by atoms with Gasteiger partial charge in [0.25, 0.3) is 0 Å². The fourth-order valence-electron chi connectivity index (χ4n) is 2.85. The van der Waals surface area contributed by atoms with E-state index in [9.17, 15) is 0 Å². The first kappa shape index (κ1) is 13.4. The van der Waals surface area contributed by atoms with Crippen molar-refractivity contribution in [2.45, 2.75) is 57.4 Å². The molecule has 6 heteroatoms. The molecule has 1 fully saturated rings. The van der Waals surface area contributed by atoms with E-state index in [0.717, 1.165) is 12.2 Å². The van der Waals surface area contributed by atoms with Gasteiger partial charge in [-0.1, -0.05) is 32.1 Å². The zero-order chi connectivity index (χ0) is 12.8. The summed E-state index contributed by atoms with van der Waals surface area (Å²) in [5, 5.41) is 12.2. The molecule has 0 aliphatic heterocycles. The van der Waals surface area contributed by atoms with Crippen molar-refractivity contribution in [3.8, 4) is 0 Å². The van der Waals surface area contributed by atoms with Crippen LogP contribution in [0.5, 0.6) is 0 Å². The Morgan fingerprint density at radius 3 is 2.50 bits per heavy atom. The SMILES string of the molecule is Cn1nnc(CC(NN)C2CCCCCCC2)n1. The number of hydrogen-bond acceptors (Lipinski definition) is 5. The van der Waals surface area contributed by atoms with Crippen molar-refractivity contribution in [3.05, 3.63) is 5.82 Å². The van der Waals surface area contributed by atoms with Crippen LogP contribution in [0.2, 0.25) is 0 Å². The minimum Gasteiger partial charge on any atom is -0.271 e. The van der Waals surface area contributed by atoms with Crippen molar-refractivity contribution in [2.75, 3.05) is 0 Å². The molecule has 1 saturated carbocycles. The zero-order valence-electron chi connectivity index (χ0n) is 11.2. The van der Waals surface area contributed by atoms with Crippen LogP contribution < -0.4 is 11.3 Å². The molecular weight excluding hydrogens is 228 g/mol. The van der Waals surface area contributed by atoms with Crippen LogP contribution in [0.3, 0.4) is 0 Å². The van der Waals surface area contributed by atoms with E-state index in [1.165, 1.54) is 49.7 Å². The van der Waals surface area contributed by atoms with Gasteiger partial charge in [-0.3, -0.25) is 11.3 Å². The second-order valence-corrected chi connectivity index (χ2v) is 5.28. The highest BCUT2D eigenvalue weighted by molar-refractivity contribution is 4.87. The maximum atomic E-state index is 5.72. The van der Waals surface area contributed by atoms with E-state index in [-0.39, 0.29) is 6.04 Å². The molecule has 102 valence electrons. The maximum Gasteiger partial charge on any atom is 0.176 e. The van der Waals surface area contributed by atoms with E-state index in [1.807, 2.05) is 0 Å². The molecule has 2 rings (SSSR count). The lowest BCUT2D eigenvalue weighted by Crippen LogP contribution is -2.43. The summed E-state index contributed by atoms with van der Waals surface area (Å²) in [5.74, 6) is 7.13. The molecule has 18 heavy (non-hydrogen) atoms. The van der Waals surface area contributed by atoms with Crippen LogP contribution in [0.25, 0.3) is 0 Å². The molecule has 3 N–H and O–H groups in total.